The summed E-state index contributed by atoms with van der Waals surface area (Å²) in [7, 11) is -2.10. The van der Waals surface area contributed by atoms with Crippen LogP contribution in [0.15, 0.2) is 53.4 Å². The maximum atomic E-state index is 13.0. The highest BCUT2D eigenvalue weighted by molar-refractivity contribution is 7.89. The Morgan fingerprint density at radius 2 is 1.81 bits per heavy atom. The fourth-order valence-corrected chi connectivity index (χ4v) is 5.20. The SMILES string of the molecule is COc1cccc(CNC(=O)C(=O)NC[C@@H]2CCCN2S(=O)(=O)c2ccc(C)cc2)c1. The third-order valence-corrected chi connectivity index (χ3v) is 7.21. The summed E-state index contributed by atoms with van der Waals surface area (Å²) in [6, 6.07) is 13.5. The number of rotatable bonds is 7. The molecule has 1 aliphatic heterocycles. The van der Waals surface area contributed by atoms with Crippen molar-refractivity contribution in [2.24, 2.45) is 0 Å². The van der Waals surface area contributed by atoms with Crippen molar-refractivity contribution in [1.82, 2.24) is 14.9 Å². The van der Waals surface area contributed by atoms with Crippen LogP contribution in [-0.4, -0.2) is 50.8 Å². The van der Waals surface area contributed by atoms with Crippen LogP contribution in [0, 0.1) is 6.92 Å². The van der Waals surface area contributed by atoms with Gasteiger partial charge in [0.25, 0.3) is 0 Å². The average molecular weight is 446 g/mol. The molecule has 2 aromatic carbocycles. The van der Waals surface area contributed by atoms with Crippen molar-refractivity contribution in [3.8, 4) is 5.75 Å². The number of sulfonamides is 1. The molecule has 3 rings (SSSR count). The largest absolute Gasteiger partial charge is 0.497 e. The molecule has 9 heteroatoms. The van der Waals surface area contributed by atoms with Crippen LogP contribution in [0.2, 0.25) is 0 Å². The summed E-state index contributed by atoms with van der Waals surface area (Å²) in [6.07, 6.45) is 1.32. The molecule has 2 N–H and O–H groups in total. The van der Waals surface area contributed by atoms with Crippen LogP contribution < -0.4 is 15.4 Å². The van der Waals surface area contributed by atoms with Crippen LogP contribution in [-0.2, 0) is 26.2 Å². The van der Waals surface area contributed by atoms with E-state index in [1.807, 2.05) is 13.0 Å². The zero-order valence-corrected chi connectivity index (χ0v) is 18.4. The van der Waals surface area contributed by atoms with Crippen molar-refractivity contribution < 1.29 is 22.7 Å². The Morgan fingerprint density at radius 3 is 2.52 bits per heavy atom. The molecule has 0 radical (unpaired) electrons. The highest BCUT2D eigenvalue weighted by Gasteiger charge is 2.35. The van der Waals surface area contributed by atoms with E-state index in [-0.39, 0.29) is 24.0 Å². The number of methoxy groups -OCH3 is 1. The lowest BCUT2D eigenvalue weighted by atomic mass is 10.2. The van der Waals surface area contributed by atoms with E-state index in [9.17, 15) is 18.0 Å². The topological polar surface area (TPSA) is 105 Å². The monoisotopic (exact) mass is 445 g/mol. The minimum absolute atomic E-state index is 0.0799. The second-order valence-corrected chi connectivity index (χ2v) is 9.36. The summed E-state index contributed by atoms with van der Waals surface area (Å²) in [5.74, 6) is -0.899. The molecule has 2 amide bonds. The van der Waals surface area contributed by atoms with Crippen LogP contribution >= 0.6 is 0 Å². The van der Waals surface area contributed by atoms with E-state index in [0.29, 0.717) is 25.1 Å². The van der Waals surface area contributed by atoms with Gasteiger partial charge in [0, 0.05) is 25.7 Å². The molecule has 166 valence electrons. The second-order valence-electron chi connectivity index (χ2n) is 7.47. The summed E-state index contributed by atoms with van der Waals surface area (Å²) in [4.78, 5) is 24.5. The average Bonchev–Trinajstić information content (AvgIpc) is 3.26. The molecule has 0 aliphatic carbocycles. The Kier molecular flexibility index (Phi) is 7.29. The lowest BCUT2D eigenvalue weighted by Gasteiger charge is -2.24. The quantitative estimate of drug-likeness (QED) is 0.630. The van der Waals surface area contributed by atoms with Gasteiger partial charge in [0.1, 0.15) is 5.75 Å². The zero-order valence-electron chi connectivity index (χ0n) is 17.6. The fourth-order valence-electron chi connectivity index (χ4n) is 3.51. The van der Waals surface area contributed by atoms with Crippen LogP contribution in [0.1, 0.15) is 24.0 Å². The van der Waals surface area contributed by atoms with Crippen LogP contribution in [0.3, 0.4) is 0 Å². The number of ether oxygens (including phenoxy) is 1. The number of carbonyl (C=O) groups is 2. The van der Waals surface area contributed by atoms with Crippen molar-refractivity contribution in [3.05, 3.63) is 59.7 Å². The van der Waals surface area contributed by atoms with Crippen molar-refractivity contribution in [3.63, 3.8) is 0 Å². The van der Waals surface area contributed by atoms with Crippen molar-refractivity contribution in [2.75, 3.05) is 20.2 Å². The lowest BCUT2D eigenvalue weighted by molar-refractivity contribution is -0.139. The number of amides is 2. The fraction of sp³-hybridized carbons (Fsp3) is 0.364. The highest BCUT2D eigenvalue weighted by Crippen LogP contribution is 2.26. The molecule has 1 saturated heterocycles. The third kappa shape index (κ3) is 5.62. The Bertz CT molecular complexity index is 1040. The molecule has 1 heterocycles. The zero-order chi connectivity index (χ0) is 22.4. The van der Waals surface area contributed by atoms with E-state index in [0.717, 1.165) is 11.1 Å². The van der Waals surface area contributed by atoms with Gasteiger partial charge in [0.15, 0.2) is 0 Å². The number of hydrogen-bond donors (Lipinski definition) is 2. The lowest BCUT2D eigenvalue weighted by Crippen LogP contribution is -2.46. The van der Waals surface area contributed by atoms with Gasteiger partial charge in [-0.05, 0) is 49.6 Å². The first-order valence-electron chi connectivity index (χ1n) is 10.1. The van der Waals surface area contributed by atoms with E-state index in [4.69, 9.17) is 4.74 Å². The highest BCUT2D eigenvalue weighted by atomic mass is 32.2. The first-order chi connectivity index (χ1) is 14.8. The molecule has 1 aliphatic rings. The number of aryl methyl sites for hydroxylation is 1. The summed E-state index contributed by atoms with van der Waals surface area (Å²) in [6.45, 7) is 2.54. The standard InChI is InChI=1S/C22H27N3O5S/c1-16-8-10-20(11-9-16)31(28,29)25-12-4-6-18(25)15-24-22(27)21(26)23-14-17-5-3-7-19(13-17)30-2/h3,5,7-11,13,18H,4,6,12,14-15H2,1-2H3,(H,23,26)(H,24,27)/t18-/m0/s1. The second kappa shape index (κ2) is 9.93. The summed E-state index contributed by atoms with van der Waals surface area (Å²) < 4.78 is 32.5. The first kappa shape index (κ1) is 22.8. The minimum atomic E-state index is -3.66. The number of carbonyl (C=O) groups excluding carboxylic acids is 2. The summed E-state index contributed by atoms with van der Waals surface area (Å²) >= 11 is 0. The predicted molar refractivity (Wildman–Crippen MR) is 116 cm³/mol. The minimum Gasteiger partial charge on any atom is -0.497 e. The number of nitrogens with zero attached hydrogens (tertiary/aromatic N) is 1. The van der Waals surface area contributed by atoms with Crippen LogP contribution in [0.25, 0.3) is 0 Å². The maximum Gasteiger partial charge on any atom is 0.309 e. The summed E-state index contributed by atoms with van der Waals surface area (Å²) in [5.41, 5.74) is 1.77. The van der Waals surface area contributed by atoms with Gasteiger partial charge in [0.2, 0.25) is 10.0 Å². The molecule has 1 fully saturated rings. The molecular formula is C22H27N3O5S. The molecule has 0 saturated carbocycles. The van der Waals surface area contributed by atoms with Gasteiger partial charge in [-0.1, -0.05) is 29.8 Å². The molecule has 0 bridgehead atoms. The molecule has 1 atom stereocenters. The summed E-state index contributed by atoms with van der Waals surface area (Å²) in [5, 5.41) is 5.12. The van der Waals surface area contributed by atoms with Gasteiger partial charge in [-0.15, -0.1) is 0 Å². The Labute approximate surface area is 182 Å². The molecule has 0 spiro atoms. The third-order valence-electron chi connectivity index (χ3n) is 5.24. The van der Waals surface area contributed by atoms with Crippen LogP contribution in [0.5, 0.6) is 5.75 Å². The van der Waals surface area contributed by atoms with E-state index in [1.165, 1.54) is 4.31 Å². The molecule has 0 unspecified atom stereocenters. The van der Waals surface area contributed by atoms with Crippen molar-refractivity contribution in [1.29, 1.82) is 0 Å². The van der Waals surface area contributed by atoms with E-state index in [2.05, 4.69) is 10.6 Å². The number of nitrogens with one attached hydrogen (secondary N) is 2. The molecular weight excluding hydrogens is 418 g/mol. The van der Waals surface area contributed by atoms with Gasteiger partial charge < -0.3 is 15.4 Å². The van der Waals surface area contributed by atoms with Crippen LogP contribution in [0.4, 0.5) is 0 Å². The Hall–Kier alpha value is -2.91. The molecule has 31 heavy (non-hydrogen) atoms. The van der Waals surface area contributed by atoms with Crippen molar-refractivity contribution in [2.45, 2.75) is 37.2 Å². The smallest absolute Gasteiger partial charge is 0.309 e. The number of benzene rings is 2. The first-order valence-corrected chi connectivity index (χ1v) is 11.5. The Balaban J connectivity index is 1.54. The predicted octanol–water partition coefficient (Wildman–Crippen LogP) is 1.59. The molecule has 2 aromatic rings. The van der Waals surface area contributed by atoms with Gasteiger partial charge in [-0.25, -0.2) is 8.42 Å². The van der Waals surface area contributed by atoms with Gasteiger partial charge >= 0.3 is 11.8 Å². The number of hydrogen-bond acceptors (Lipinski definition) is 5. The van der Waals surface area contributed by atoms with Gasteiger partial charge in [0.05, 0.1) is 12.0 Å². The van der Waals surface area contributed by atoms with Crippen molar-refractivity contribution >= 4 is 21.8 Å². The van der Waals surface area contributed by atoms with Gasteiger partial charge in [-0.3, -0.25) is 9.59 Å². The van der Waals surface area contributed by atoms with E-state index >= 15 is 0 Å². The van der Waals surface area contributed by atoms with Gasteiger partial charge in [-0.2, -0.15) is 4.31 Å². The molecule has 8 nitrogen and oxygen atoms in total. The Morgan fingerprint density at radius 1 is 1.10 bits per heavy atom. The maximum absolute atomic E-state index is 13.0. The van der Waals surface area contributed by atoms with E-state index in [1.54, 1.807) is 49.6 Å². The molecule has 0 aromatic heterocycles. The van der Waals surface area contributed by atoms with E-state index < -0.39 is 21.8 Å². The normalized spacial score (nSPS) is 16.6.